The van der Waals surface area contributed by atoms with E-state index in [0.717, 1.165) is 5.69 Å². The molecule has 0 radical (unpaired) electrons. The number of rotatable bonds is 1. The summed E-state index contributed by atoms with van der Waals surface area (Å²) in [5.74, 6) is 0.100. The molecule has 3 heteroatoms. The van der Waals surface area contributed by atoms with E-state index in [1.807, 2.05) is 36.0 Å². The molecule has 0 aliphatic heterocycles. The van der Waals surface area contributed by atoms with Crippen molar-refractivity contribution in [3.63, 3.8) is 0 Å². The Balaban J connectivity index is 0.000001000. The van der Waals surface area contributed by atoms with Crippen molar-refractivity contribution < 1.29 is 21.8 Å². The van der Waals surface area contributed by atoms with Crippen molar-refractivity contribution in [3.8, 4) is 0 Å². The van der Waals surface area contributed by atoms with Gasteiger partial charge in [-0.2, -0.15) is 4.57 Å². The molecule has 11 heavy (non-hydrogen) atoms. The van der Waals surface area contributed by atoms with Crippen molar-refractivity contribution in [2.75, 3.05) is 0 Å². The van der Waals surface area contributed by atoms with Gasteiger partial charge < -0.3 is 12.4 Å². The van der Waals surface area contributed by atoms with Crippen LogP contribution in [0, 0.1) is 0 Å². The molecule has 0 amide bonds. The van der Waals surface area contributed by atoms with Gasteiger partial charge in [0.15, 0.2) is 6.20 Å². The molecule has 0 bridgehead atoms. The summed E-state index contributed by atoms with van der Waals surface area (Å²) < 4.78 is 1.81. The van der Waals surface area contributed by atoms with Gasteiger partial charge in [0.1, 0.15) is 7.05 Å². The summed E-state index contributed by atoms with van der Waals surface area (Å²) in [6.07, 6.45) is 1.86. The highest BCUT2D eigenvalue weighted by Gasteiger charge is 2.08. The molecule has 0 saturated heterocycles. The number of ketones is 1. The lowest BCUT2D eigenvalue weighted by molar-refractivity contribution is -0.673. The molecule has 2 nitrogen and oxygen atoms in total. The summed E-state index contributed by atoms with van der Waals surface area (Å²) in [5.41, 5.74) is 0.738. The largest absolute Gasteiger partial charge is 1.00 e. The molecule has 0 atom stereocenters. The van der Waals surface area contributed by atoms with E-state index in [4.69, 9.17) is 0 Å². The normalized spacial score (nSPS) is 8.55. The molecule has 0 aliphatic rings. The minimum absolute atomic E-state index is 0. The van der Waals surface area contributed by atoms with E-state index in [0.29, 0.717) is 0 Å². The number of aromatic nitrogens is 1. The number of nitrogens with zero attached hydrogens (tertiary/aromatic N) is 1. The van der Waals surface area contributed by atoms with Gasteiger partial charge in [-0.25, -0.2) is 0 Å². The summed E-state index contributed by atoms with van der Waals surface area (Å²) in [6.45, 7) is 1.56. The van der Waals surface area contributed by atoms with E-state index in [2.05, 4.69) is 0 Å². The van der Waals surface area contributed by atoms with Crippen molar-refractivity contribution in [1.82, 2.24) is 0 Å². The van der Waals surface area contributed by atoms with Gasteiger partial charge in [0, 0.05) is 19.1 Å². The molecule has 1 aromatic heterocycles. The Morgan fingerprint density at radius 3 is 2.45 bits per heavy atom. The quantitative estimate of drug-likeness (QED) is 0.345. The first-order chi connectivity index (χ1) is 4.72. The Bertz CT molecular complexity index is 260. The van der Waals surface area contributed by atoms with E-state index < -0.39 is 0 Å². The van der Waals surface area contributed by atoms with E-state index in [9.17, 15) is 4.79 Å². The lowest BCUT2D eigenvalue weighted by Crippen LogP contribution is -3.00. The molecular weight excluding hydrogens is 162 g/mol. The number of halogens is 1. The van der Waals surface area contributed by atoms with Crippen LogP contribution in [0.2, 0.25) is 0 Å². The lowest BCUT2D eigenvalue weighted by atomic mass is 10.3. The number of aryl methyl sites for hydroxylation is 1. The van der Waals surface area contributed by atoms with Gasteiger partial charge in [-0.15, -0.1) is 0 Å². The first-order valence-electron chi connectivity index (χ1n) is 3.17. The highest BCUT2D eigenvalue weighted by molar-refractivity contribution is 5.90. The van der Waals surface area contributed by atoms with Crippen LogP contribution in [0.3, 0.4) is 0 Å². The first-order valence-corrected chi connectivity index (χ1v) is 3.17. The Kier molecular flexibility index (Phi) is 3.76. The van der Waals surface area contributed by atoms with Crippen LogP contribution < -0.4 is 17.0 Å². The second kappa shape index (κ2) is 4.09. The average molecular weight is 172 g/mol. The van der Waals surface area contributed by atoms with Crippen molar-refractivity contribution >= 4 is 5.78 Å². The topological polar surface area (TPSA) is 20.9 Å². The maximum Gasteiger partial charge on any atom is 0.248 e. The Hall–Kier alpha value is -0.890. The van der Waals surface area contributed by atoms with Crippen molar-refractivity contribution in [2.24, 2.45) is 7.05 Å². The van der Waals surface area contributed by atoms with Gasteiger partial charge in [-0.1, -0.05) is 0 Å². The monoisotopic (exact) mass is 171 g/mol. The third-order valence-electron chi connectivity index (χ3n) is 1.42. The third-order valence-corrected chi connectivity index (χ3v) is 1.42. The smallest absolute Gasteiger partial charge is 0.248 e. The predicted molar refractivity (Wildman–Crippen MR) is 37.6 cm³/mol. The zero-order valence-electron chi connectivity index (χ0n) is 6.54. The molecule has 1 rings (SSSR count). The van der Waals surface area contributed by atoms with E-state index >= 15 is 0 Å². The number of carbonyl (C=O) groups excluding carboxylic acids is 1. The fraction of sp³-hybridized carbons (Fsp3) is 0.250. The maximum atomic E-state index is 10.8. The molecule has 1 aromatic rings. The molecule has 0 N–H and O–H groups in total. The standard InChI is InChI=1S/C8H10NO.ClH/c1-7(10)8-5-3-4-6-9(8)2;/h3-6H,1-2H3;1H/q+1;/p-1. The summed E-state index contributed by atoms with van der Waals surface area (Å²) in [5, 5.41) is 0. The summed E-state index contributed by atoms with van der Waals surface area (Å²) in [4.78, 5) is 10.8. The minimum Gasteiger partial charge on any atom is -1.00 e. The fourth-order valence-electron chi connectivity index (χ4n) is 0.889. The van der Waals surface area contributed by atoms with Crippen LogP contribution in [0.1, 0.15) is 17.4 Å². The number of carbonyl (C=O) groups is 1. The summed E-state index contributed by atoms with van der Waals surface area (Å²) in [7, 11) is 1.86. The van der Waals surface area contributed by atoms with Gasteiger partial charge in [-0.05, 0) is 6.07 Å². The van der Waals surface area contributed by atoms with E-state index in [1.54, 1.807) is 6.92 Å². The SMILES string of the molecule is CC(=O)c1cccc[n+]1C.[Cl-]. The molecular formula is C8H10ClNO. The van der Waals surface area contributed by atoms with Crippen LogP contribution >= 0.6 is 0 Å². The fourth-order valence-corrected chi connectivity index (χ4v) is 0.889. The van der Waals surface area contributed by atoms with Crippen molar-refractivity contribution in [3.05, 3.63) is 30.1 Å². The van der Waals surface area contributed by atoms with Crippen LogP contribution in [0.15, 0.2) is 24.4 Å². The van der Waals surface area contributed by atoms with Gasteiger partial charge in [0.05, 0.1) is 0 Å². The molecule has 0 spiro atoms. The van der Waals surface area contributed by atoms with Crippen LogP contribution in [-0.4, -0.2) is 5.78 Å². The van der Waals surface area contributed by atoms with Gasteiger partial charge in [0.2, 0.25) is 11.5 Å². The maximum absolute atomic E-state index is 10.8. The molecule has 0 aliphatic carbocycles. The summed E-state index contributed by atoms with van der Waals surface area (Å²) in [6, 6.07) is 5.56. The van der Waals surface area contributed by atoms with E-state index in [-0.39, 0.29) is 18.2 Å². The molecule has 0 unspecified atom stereocenters. The average Bonchev–Trinajstić information content (AvgIpc) is 1.88. The second-order valence-corrected chi connectivity index (χ2v) is 2.25. The second-order valence-electron chi connectivity index (χ2n) is 2.25. The Labute approximate surface area is 72.3 Å². The molecule has 0 aromatic carbocycles. The highest BCUT2D eigenvalue weighted by Crippen LogP contribution is 1.90. The Morgan fingerprint density at radius 1 is 1.45 bits per heavy atom. The third kappa shape index (κ3) is 2.31. The van der Waals surface area contributed by atoms with Crippen LogP contribution in [0.4, 0.5) is 0 Å². The zero-order chi connectivity index (χ0) is 7.56. The highest BCUT2D eigenvalue weighted by atomic mass is 35.5. The van der Waals surface area contributed by atoms with E-state index in [1.165, 1.54) is 0 Å². The molecule has 0 saturated carbocycles. The van der Waals surface area contributed by atoms with Gasteiger partial charge in [0.25, 0.3) is 0 Å². The summed E-state index contributed by atoms with van der Waals surface area (Å²) >= 11 is 0. The number of Topliss-reactive ketones (excluding diaryl/α,β-unsaturated/α-hetero) is 1. The van der Waals surface area contributed by atoms with Crippen LogP contribution in [-0.2, 0) is 7.05 Å². The van der Waals surface area contributed by atoms with Crippen molar-refractivity contribution in [2.45, 2.75) is 6.92 Å². The number of hydrogen-bond donors (Lipinski definition) is 0. The lowest BCUT2D eigenvalue weighted by Gasteiger charge is -1.91. The molecule has 1 heterocycles. The van der Waals surface area contributed by atoms with Crippen LogP contribution in [0.25, 0.3) is 0 Å². The predicted octanol–water partition coefficient (Wildman–Crippen LogP) is -2.28. The number of pyridine rings is 1. The molecule has 60 valence electrons. The van der Waals surface area contributed by atoms with Crippen molar-refractivity contribution in [1.29, 1.82) is 0 Å². The van der Waals surface area contributed by atoms with Crippen LogP contribution in [0.5, 0.6) is 0 Å². The molecule has 0 fully saturated rings. The first kappa shape index (κ1) is 10.1. The Morgan fingerprint density at radius 2 is 2.09 bits per heavy atom. The minimum atomic E-state index is 0. The van der Waals surface area contributed by atoms with Gasteiger partial charge in [-0.3, -0.25) is 4.79 Å². The number of hydrogen-bond acceptors (Lipinski definition) is 1. The van der Waals surface area contributed by atoms with Gasteiger partial charge >= 0.3 is 0 Å². The zero-order valence-corrected chi connectivity index (χ0v) is 7.30.